The summed E-state index contributed by atoms with van der Waals surface area (Å²) in [6, 6.07) is 8.96. The zero-order valence-electron chi connectivity index (χ0n) is 12.2. The average molecular weight is 277 g/mol. The number of benzene rings is 1. The minimum absolute atomic E-state index is 0.247. The second-order valence-electron chi connectivity index (χ2n) is 5.50. The van der Waals surface area contributed by atoms with E-state index in [1.165, 1.54) is 0 Å². The van der Waals surface area contributed by atoms with Crippen LogP contribution in [-0.4, -0.2) is 29.4 Å². The number of aliphatic imine (C=N–C) groups is 1. The number of ether oxygens (including phenoxy) is 1. The van der Waals surface area contributed by atoms with Gasteiger partial charge in [-0.05, 0) is 45.4 Å². The molecule has 4 heteroatoms. The Morgan fingerprint density at radius 1 is 1.40 bits per heavy atom. The summed E-state index contributed by atoms with van der Waals surface area (Å²) in [5.74, 6) is -0.361. The van der Waals surface area contributed by atoms with Crippen molar-refractivity contribution in [1.82, 2.24) is 0 Å². The summed E-state index contributed by atoms with van der Waals surface area (Å²) in [4.78, 5) is 15.7. The maximum atomic E-state index is 11.9. The molecule has 0 aliphatic rings. The van der Waals surface area contributed by atoms with Crippen LogP contribution in [0.15, 0.2) is 35.3 Å². The van der Waals surface area contributed by atoms with Gasteiger partial charge in [-0.15, -0.1) is 0 Å². The predicted molar refractivity (Wildman–Crippen MR) is 79.7 cm³/mol. The summed E-state index contributed by atoms with van der Waals surface area (Å²) in [6.07, 6.45) is 1.86. The number of aliphatic hydroxyl groups is 1. The Labute approximate surface area is 120 Å². The van der Waals surface area contributed by atoms with E-state index in [4.69, 9.17) is 4.74 Å². The molecule has 0 bridgehead atoms. The lowest BCUT2D eigenvalue weighted by molar-refractivity contribution is -0.146. The van der Waals surface area contributed by atoms with Gasteiger partial charge in [-0.1, -0.05) is 30.3 Å². The van der Waals surface area contributed by atoms with Crippen LogP contribution in [0.2, 0.25) is 0 Å². The van der Waals surface area contributed by atoms with Crippen LogP contribution >= 0.6 is 0 Å². The summed E-state index contributed by atoms with van der Waals surface area (Å²) in [5.41, 5.74) is 0.222. The topological polar surface area (TPSA) is 58.9 Å². The van der Waals surface area contributed by atoms with Crippen LogP contribution in [-0.2, 0) is 16.1 Å². The summed E-state index contributed by atoms with van der Waals surface area (Å²) in [6.45, 7) is 7.18. The van der Waals surface area contributed by atoms with Crippen molar-refractivity contribution in [3.63, 3.8) is 0 Å². The Bertz CT molecular complexity index is 423. The fraction of sp³-hybridized carbons (Fsp3) is 0.500. The molecule has 4 nitrogen and oxygen atoms in total. The molecule has 0 unspecified atom stereocenters. The van der Waals surface area contributed by atoms with Gasteiger partial charge in [0.25, 0.3) is 0 Å². The van der Waals surface area contributed by atoms with E-state index in [1.54, 1.807) is 13.8 Å². The minimum Gasteiger partial charge on any atom is -0.459 e. The lowest BCUT2D eigenvalue weighted by atomic mass is 9.99. The van der Waals surface area contributed by atoms with E-state index in [-0.39, 0.29) is 12.6 Å². The van der Waals surface area contributed by atoms with Crippen LogP contribution in [0, 0.1) is 0 Å². The van der Waals surface area contributed by atoms with Gasteiger partial charge >= 0.3 is 5.97 Å². The van der Waals surface area contributed by atoms with Crippen molar-refractivity contribution in [2.24, 2.45) is 4.99 Å². The number of nitrogens with zero attached hydrogens (tertiary/aromatic N) is 1. The van der Waals surface area contributed by atoms with Gasteiger partial charge in [0.15, 0.2) is 0 Å². The molecule has 0 amide bonds. The maximum Gasteiger partial charge on any atom is 0.331 e. The van der Waals surface area contributed by atoms with Crippen LogP contribution in [0.25, 0.3) is 0 Å². The van der Waals surface area contributed by atoms with Gasteiger partial charge in [-0.3, -0.25) is 4.99 Å². The molecule has 1 atom stereocenters. The van der Waals surface area contributed by atoms with Crippen LogP contribution in [0.5, 0.6) is 0 Å². The third-order valence-corrected chi connectivity index (χ3v) is 2.98. The standard InChI is InChI=1S/C16H23NO3/c1-16(2,19)11-7-10-14(17-3)15(18)20-12-13-8-5-4-6-9-13/h4-6,8-9,14,19H,3,7,10-12H2,1-2H3/t14-/m1/s1. The normalized spacial score (nSPS) is 12.8. The highest BCUT2D eigenvalue weighted by Crippen LogP contribution is 2.15. The number of hydrogen-bond acceptors (Lipinski definition) is 4. The molecule has 0 aliphatic heterocycles. The summed E-state index contributed by atoms with van der Waals surface area (Å²) < 4.78 is 5.23. The average Bonchev–Trinajstić information content (AvgIpc) is 2.41. The molecule has 0 saturated carbocycles. The fourth-order valence-electron chi connectivity index (χ4n) is 1.84. The van der Waals surface area contributed by atoms with E-state index in [0.29, 0.717) is 19.3 Å². The molecular weight excluding hydrogens is 254 g/mol. The highest BCUT2D eigenvalue weighted by molar-refractivity contribution is 5.76. The van der Waals surface area contributed by atoms with Crippen molar-refractivity contribution < 1.29 is 14.6 Å². The van der Waals surface area contributed by atoms with Crippen LogP contribution in [0.4, 0.5) is 0 Å². The van der Waals surface area contributed by atoms with Crippen LogP contribution < -0.4 is 0 Å². The zero-order chi connectivity index (χ0) is 15.0. The first-order valence-corrected chi connectivity index (χ1v) is 6.81. The first-order valence-electron chi connectivity index (χ1n) is 6.81. The van der Waals surface area contributed by atoms with Gasteiger partial charge in [0.1, 0.15) is 12.6 Å². The molecule has 0 aliphatic carbocycles. The Hall–Kier alpha value is -1.68. The second-order valence-corrected chi connectivity index (χ2v) is 5.50. The smallest absolute Gasteiger partial charge is 0.331 e. The van der Waals surface area contributed by atoms with Gasteiger partial charge in [0.05, 0.1) is 5.60 Å². The number of carbonyl (C=O) groups is 1. The summed E-state index contributed by atoms with van der Waals surface area (Å²) >= 11 is 0. The third kappa shape index (κ3) is 6.48. The van der Waals surface area contributed by atoms with Gasteiger partial charge < -0.3 is 9.84 Å². The fourth-order valence-corrected chi connectivity index (χ4v) is 1.84. The van der Waals surface area contributed by atoms with E-state index in [2.05, 4.69) is 11.7 Å². The number of esters is 1. The van der Waals surface area contributed by atoms with Gasteiger partial charge in [0, 0.05) is 0 Å². The van der Waals surface area contributed by atoms with Crippen molar-refractivity contribution in [3.05, 3.63) is 35.9 Å². The summed E-state index contributed by atoms with van der Waals surface area (Å²) in [5, 5.41) is 9.63. The second kappa shape index (κ2) is 7.80. The molecular formula is C16H23NO3. The SMILES string of the molecule is C=N[C@H](CCCC(C)(C)O)C(=O)OCc1ccccc1. The predicted octanol–water partition coefficient (Wildman–Crippen LogP) is 2.74. The molecule has 0 radical (unpaired) electrons. The Kier molecular flexibility index (Phi) is 6.39. The monoisotopic (exact) mass is 277 g/mol. The molecule has 1 rings (SSSR count). The van der Waals surface area contributed by atoms with Crippen LogP contribution in [0.1, 0.15) is 38.7 Å². The first-order chi connectivity index (χ1) is 9.42. The third-order valence-electron chi connectivity index (χ3n) is 2.98. The van der Waals surface area contributed by atoms with Crippen molar-refractivity contribution in [2.45, 2.75) is 51.4 Å². The molecule has 0 fully saturated rings. The molecule has 0 aromatic heterocycles. The summed E-state index contributed by atoms with van der Waals surface area (Å²) in [7, 11) is 0. The van der Waals surface area contributed by atoms with Crippen LogP contribution in [0.3, 0.4) is 0 Å². The van der Waals surface area contributed by atoms with Gasteiger partial charge in [0.2, 0.25) is 0 Å². The highest BCUT2D eigenvalue weighted by atomic mass is 16.5. The molecule has 1 aromatic rings. The highest BCUT2D eigenvalue weighted by Gasteiger charge is 2.20. The van der Waals surface area contributed by atoms with Crippen molar-refractivity contribution in [2.75, 3.05) is 0 Å². The van der Waals surface area contributed by atoms with Crippen molar-refractivity contribution >= 4 is 12.7 Å². The lowest BCUT2D eigenvalue weighted by Crippen LogP contribution is -2.23. The minimum atomic E-state index is -0.723. The molecule has 0 heterocycles. The molecule has 1 aromatic carbocycles. The van der Waals surface area contributed by atoms with E-state index in [0.717, 1.165) is 5.56 Å². The van der Waals surface area contributed by atoms with E-state index < -0.39 is 11.6 Å². The molecule has 1 N–H and O–H groups in total. The lowest BCUT2D eigenvalue weighted by Gasteiger charge is -2.18. The number of rotatable bonds is 8. The number of hydrogen-bond donors (Lipinski definition) is 1. The molecule has 0 saturated heterocycles. The Balaban J connectivity index is 2.37. The Morgan fingerprint density at radius 3 is 2.60 bits per heavy atom. The first kappa shape index (κ1) is 16.4. The van der Waals surface area contributed by atoms with E-state index in [1.807, 2.05) is 30.3 Å². The van der Waals surface area contributed by atoms with Gasteiger partial charge in [-0.25, -0.2) is 4.79 Å². The van der Waals surface area contributed by atoms with E-state index >= 15 is 0 Å². The maximum absolute atomic E-state index is 11.9. The Morgan fingerprint density at radius 2 is 2.05 bits per heavy atom. The van der Waals surface area contributed by atoms with Gasteiger partial charge in [-0.2, -0.15) is 0 Å². The quantitative estimate of drug-likeness (QED) is 0.587. The molecule has 0 spiro atoms. The molecule has 110 valence electrons. The van der Waals surface area contributed by atoms with Crippen molar-refractivity contribution in [3.8, 4) is 0 Å². The van der Waals surface area contributed by atoms with Crippen molar-refractivity contribution in [1.29, 1.82) is 0 Å². The number of carbonyl (C=O) groups excluding carboxylic acids is 1. The largest absolute Gasteiger partial charge is 0.459 e. The van der Waals surface area contributed by atoms with E-state index in [9.17, 15) is 9.90 Å². The zero-order valence-corrected chi connectivity index (χ0v) is 12.2. The molecule has 20 heavy (non-hydrogen) atoms.